The van der Waals surface area contributed by atoms with E-state index in [1.807, 2.05) is 20.8 Å². The molecule has 1 fully saturated rings. The highest BCUT2D eigenvalue weighted by atomic mass is 35.5. The van der Waals surface area contributed by atoms with E-state index in [9.17, 15) is 13.2 Å². The van der Waals surface area contributed by atoms with Gasteiger partial charge in [0.05, 0.1) is 16.3 Å². The molecule has 1 saturated heterocycles. The molecule has 0 radical (unpaired) electrons. The lowest BCUT2D eigenvalue weighted by Crippen LogP contribution is -2.49. The molecule has 4 N–H and O–H groups in total. The maximum absolute atomic E-state index is 14.2. The molecule has 1 heterocycles. The quantitative estimate of drug-likeness (QED) is 0.170. The van der Waals surface area contributed by atoms with Crippen LogP contribution in [0.1, 0.15) is 26.3 Å². The van der Waals surface area contributed by atoms with Gasteiger partial charge in [-0.05, 0) is 62.7 Å². The maximum Gasteiger partial charge on any atom is 0.424 e. The number of epoxide rings is 1. The fourth-order valence-corrected chi connectivity index (χ4v) is 4.98. The van der Waals surface area contributed by atoms with Crippen LogP contribution in [-0.2, 0) is 19.9 Å². The van der Waals surface area contributed by atoms with Gasteiger partial charge in [0.15, 0.2) is 6.23 Å². The fraction of sp³-hybridized carbons (Fsp3) is 0.429. The van der Waals surface area contributed by atoms with Crippen LogP contribution in [0.2, 0.25) is 15.1 Å². The Balaban J connectivity index is 1.84. The van der Waals surface area contributed by atoms with Gasteiger partial charge >= 0.3 is 6.18 Å². The molecule has 3 atom stereocenters. The average Bonchev–Trinajstić information content (AvgIpc) is 3.44. The summed E-state index contributed by atoms with van der Waals surface area (Å²) in [7, 11) is 0. The minimum Gasteiger partial charge on any atom is -0.342 e. The molecule has 34 heavy (non-hydrogen) atoms. The molecule has 6 nitrogen and oxygen atoms in total. The van der Waals surface area contributed by atoms with Crippen molar-refractivity contribution in [2.75, 3.05) is 10.8 Å². The standard InChI is InChI=1S/C21H23Cl3F3N3O3S/c1-19(2,3)32-18-17(31-18)30(28)16-9-14(4-5-15(16)24)34-10-20(33-29,21(25,26)27)11-6-12(22)8-13(23)7-11/h4-9,17-18H,10,28-29H2,1-3H3. The molecule has 0 bridgehead atoms. The first-order valence-electron chi connectivity index (χ1n) is 9.87. The number of hydrazine groups is 1. The molecule has 1 aliphatic rings. The van der Waals surface area contributed by atoms with Crippen LogP contribution in [-0.4, -0.2) is 30.0 Å². The molecule has 13 heteroatoms. The topological polar surface area (TPSA) is 86.3 Å². The van der Waals surface area contributed by atoms with Crippen molar-refractivity contribution in [1.29, 1.82) is 0 Å². The minimum atomic E-state index is -4.88. The van der Waals surface area contributed by atoms with E-state index in [1.54, 1.807) is 12.1 Å². The fourth-order valence-electron chi connectivity index (χ4n) is 3.11. The van der Waals surface area contributed by atoms with Crippen molar-refractivity contribution < 1.29 is 27.5 Å². The second-order valence-corrected chi connectivity index (χ2v) is 10.9. The average molecular weight is 561 g/mol. The third kappa shape index (κ3) is 6.24. The number of hydrogen-bond acceptors (Lipinski definition) is 7. The largest absolute Gasteiger partial charge is 0.424 e. The van der Waals surface area contributed by atoms with E-state index in [-0.39, 0.29) is 20.6 Å². The zero-order valence-electron chi connectivity index (χ0n) is 18.3. The van der Waals surface area contributed by atoms with Crippen molar-refractivity contribution in [1.82, 2.24) is 0 Å². The first-order chi connectivity index (χ1) is 15.7. The van der Waals surface area contributed by atoms with E-state index < -0.39 is 35.6 Å². The Kier molecular flexibility index (Phi) is 8.29. The summed E-state index contributed by atoms with van der Waals surface area (Å²) >= 11 is 19.0. The number of hydrogen-bond donors (Lipinski definition) is 2. The molecule has 0 aliphatic carbocycles. The zero-order valence-corrected chi connectivity index (χ0v) is 21.4. The van der Waals surface area contributed by atoms with E-state index in [2.05, 4.69) is 4.84 Å². The number of anilines is 1. The van der Waals surface area contributed by atoms with Crippen LogP contribution >= 0.6 is 46.6 Å². The van der Waals surface area contributed by atoms with Gasteiger partial charge in [-0.1, -0.05) is 34.8 Å². The van der Waals surface area contributed by atoms with Crippen LogP contribution in [0.3, 0.4) is 0 Å². The number of alkyl halides is 3. The summed E-state index contributed by atoms with van der Waals surface area (Å²) < 4.78 is 53.8. The lowest BCUT2D eigenvalue weighted by atomic mass is 9.95. The van der Waals surface area contributed by atoms with Crippen LogP contribution in [0.4, 0.5) is 18.9 Å². The van der Waals surface area contributed by atoms with Crippen LogP contribution in [0.5, 0.6) is 0 Å². The summed E-state index contributed by atoms with van der Waals surface area (Å²) in [5, 5.41) is 1.59. The van der Waals surface area contributed by atoms with Gasteiger partial charge in [-0.15, -0.1) is 11.8 Å². The van der Waals surface area contributed by atoms with E-state index >= 15 is 0 Å². The molecular weight excluding hydrogens is 538 g/mol. The van der Waals surface area contributed by atoms with Crippen molar-refractivity contribution in [2.45, 2.75) is 55.6 Å². The highest BCUT2D eigenvalue weighted by molar-refractivity contribution is 7.99. The Morgan fingerprint density at radius 1 is 1.06 bits per heavy atom. The minimum absolute atomic E-state index is 0.0159. The predicted molar refractivity (Wildman–Crippen MR) is 128 cm³/mol. The Bertz CT molecular complexity index is 1020. The highest BCUT2D eigenvalue weighted by Gasteiger charge is 2.58. The Morgan fingerprint density at radius 2 is 1.68 bits per heavy atom. The molecular formula is C21H23Cl3F3N3O3S. The van der Waals surface area contributed by atoms with Crippen molar-refractivity contribution in [2.24, 2.45) is 11.7 Å². The van der Waals surface area contributed by atoms with Gasteiger partial charge in [-0.25, -0.2) is 11.7 Å². The number of halogens is 6. The lowest BCUT2D eigenvalue weighted by Gasteiger charge is -2.34. The summed E-state index contributed by atoms with van der Waals surface area (Å²) in [5.74, 6) is 10.7. The molecule has 0 spiro atoms. The Hall–Kier alpha value is -0.950. The number of nitrogens with two attached hydrogens (primary N) is 2. The lowest BCUT2D eigenvalue weighted by molar-refractivity contribution is -0.277. The third-order valence-corrected chi connectivity index (χ3v) is 6.69. The third-order valence-electron chi connectivity index (χ3n) is 4.80. The number of benzene rings is 2. The SMILES string of the molecule is CC(C)(C)OC1OC1N(N)c1cc(SCC(ON)(c2cc(Cl)cc(Cl)c2)C(F)(F)F)ccc1Cl. The maximum atomic E-state index is 14.2. The van der Waals surface area contributed by atoms with Crippen LogP contribution < -0.4 is 16.7 Å². The second-order valence-electron chi connectivity index (χ2n) is 8.54. The molecule has 1 aliphatic heterocycles. The van der Waals surface area contributed by atoms with Crippen molar-refractivity contribution in [3.8, 4) is 0 Å². The first kappa shape index (κ1) is 27.6. The zero-order chi connectivity index (χ0) is 25.5. The number of thioether (sulfide) groups is 1. The molecule has 2 aromatic carbocycles. The van der Waals surface area contributed by atoms with Crippen molar-refractivity contribution >= 4 is 52.3 Å². The van der Waals surface area contributed by atoms with E-state index in [1.165, 1.54) is 17.1 Å². The predicted octanol–water partition coefficient (Wildman–Crippen LogP) is 6.26. The number of ether oxygens (including phenoxy) is 2. The van der Waals surface area contributed by atoms with E-state index in [0.29, 0.717) is 10.6 Å². The van der Waals surface area contributed by atoms with Crippen molar-refractivity contribution in [3.05, 3.63) is 57.0 Å². The van der Waals surface area contributed by atoms with Crippen LogP contribution in [0.25, 0.3) is 0 Å². The smallest absolute Gasteiger partial charge is 0.342 e. The molecule has 188 valence electrons. The van der Waals surface area contributed by atoms with Crippen LogP contribution in [0, 0.1) is 0 Å². The Labute approximate surface area is 214 Å². The summed E-state index contributed by atoms with van der Waals surface area (Å²) in [6, 6.07) is 8.17. The van der Waals surface area contributed by atoms with Gasteiger partial charge in [0.2, 0.25) is 11.9 Å². The number of rotatable bonds is 8. The normalized spacial score (nSPS) is 20.2. The summed E-state index contributed by atoms with van der Waals surface area (Å²) in [6.45, 7) is 5.61. The van der Waals surface area contributed by atoms with Gasteiger partial charge in [0, 0.05) is 20.7 Å². The summed E-state index contributed by atoms with van der Waals surface area (Å²) in [4.78, 5) is 5.00. The second kappa shape index (κ2) is 10.2. The number of nitrogens with zero attached hydrogens (tertiary/aromatic N) is 1. The monoisotopic (exact) mass is 559 g/mol. The molecule has 0 aromatic heterocycles. The molecule has 2 aromatic rings. The first-order valence-corrected chi connectivity index (χ1v) is 12.0. The summed E-state index contributed by atoms with van der Waals surface area (Å²) in [6.07, 6.45) is -6.03. The molecule has 0 saturated carbocycles. The van der Waals surface area contributed by atoms with Gasteiger partial charge in [-0.3, -0.25) is 9.85 Å². The van der Waals surface area contributed by atoms with Crippen molar-refractivity contribution in [3.63, 3.8) is 0 Å². The van der Waals surface area contributed by atoms with Gasteiger partial charge in [-0.2, -0.15) is 13.2 Å². The van der Waals surface area contributed by atoms with Gasteiger partial charge < -0.3 is 9.47 Å². The molecule has 3 unspecified atom stereocenters. The molecule has 3 rings (SSSR count). The van der Waals surface area contributed by atoms with Gasteiger partial charge in [0.25, 0.3) is 0 Å². The molecule has 0 amide bonds. The van der Waals surface area contributed by atoms with E-state index in [4.69, 9.17) is 56.0 Å². The highest BCUT2D eigenvalue weighted by Crippen LogP contribution is 2.46. The van der Waals surface area contributed by atoms with Gasteiger partial charge in [0.1, 0.15) is 0 Å². The van der Waals surface area contributed by atoms with Crippen LogP contribution in [0.15, 0.2) is 41.3 Å². The summed E-state index contributed by atoms with van der Waals surface area (Å²) in [5.41, 5.74) is -3.29. The van der Waals surface area contributed by atoms with E-state index in [0.717, 1.165) is 23.9 Å². The Morgan fingerprint density at radius 3 is 2.21 bits per heavy atom.